The van der Waals surface area contributed by atoms with Gasteiger partial charge < -0.3 is 5.32 Å². The summed E-state index contributed by atoms with van der Waals surface area (Å²) in [5.74, 6) is 0. The van der Waals surface area contributed by atoms with E-state index in [4.69, 9.17) is 11.6 Å². The first kappa shape index (κ1) is 15.1. The molecule has 0 saturated carbocycles. The lowest BCUT2D eigenvalue weighted by molar-refractivity contribution is 0.499. The van der Waals surface area contributed by atoms with Gasteiger partial charge in [0.25, 0.3) is 0 Å². The first-order valence-electron chi connectivity index (χ1n) is 7.32. The van der Waals surface area contributed by atoms with E-state index in [0.29, 0.717) is 6.04 Å². The number of hydrogen-bond acceptors (Lipinski definition) is 1. The zero-order chi connectivity index (χ0) is 14.2. The van der Waals surface area contributed by atoms with Gasteiger partial charge in [-0.3, -0.25) is 0 Å². The van der Waals surface area contributed by atoms with E-state index in [9.17, 15) is 0 Å². The highest BCUT2D eigenvalue weighted by atomic mass is 35.5. The second-order valence-corrected chi connectivity index (χ2v) is 5.52. The van der Waals surface area contributed by atoms with Gasteiger partial charge in [-0.05, 0) is 49.1 Å². The minimum absolute atomic E-state index is 0.423. The third kappa shape index (κ3) is 4.66. The van der Waals surface area contributed by atoms with E-state index in [1.807, 2.05) is 12.1 Å². The maximum absolute atomic E-state index is 5.93. The van der Waals surface area contributed by atoms with Gasteiger partial charge in [0.15, 0.2) is 0 Å². The van der Waals surface area contributed by atoms with Crippen LogP contribution in [0.4, 0.5) is 0 Å². The Bertz CT molecular complexity index is 493. The molecular formula is C18H22ClN. The minimum atomic E-state index is 0.423. The minimum Gasteiger partial charge on any atom is -0.310 e. The molecule has 2 rings (SSSR count). The lowest BCUT2D eigenvalue weighted by Crippen LogP contribution is -2.22. The molecule has 0 aliphatic rings. The van der Waals surface area contributed by atoms with Crippen LogP contribution in [0.5, 0.6) is 0 Å². The summed E-state index contributed by atoms with van der Waals surface area (Å²) in [7, 11) is 0. The molecule has 106 valence electrons. The van der Waals surface area contributed by atoms with E-state index < -0.39 is 0 Å². The first-order chi connectivity index (χ1) is 9.79. The van der Waals surface area contributed by atoms with Crippen molar-refractivity contribution in [3.63, 3.8) is 0 Å². The molecule has 0 heterocycles. The molecule has 0 aliphatic carbocycles. The van der Waals surface area contributed by atoms with Crippen LogP contribution in [0.25, 0.3) is 0 Å². The first-order valence-corrected chi connectivity index (χ1v) is 7.70. The summed E-state index contributed by atoms with van der Waals surface area (Å²) >= 11 is 5.93. The van der Waals surface area contributed by atoms with Crippen molar-refractivity contribution >= 4 is 11.6 Å². The highest BCUT2D eigenvalue weighted by Crippen LogP contribution is 2.20. The highest BCUT2D eigenvalue weighted by Gasteiger charge is 2.10. The van der Waals surface area contributed by atoms with Crippen molar-refractivity contribution in [1.82, 2.24) is 5.32 Å². The smallest absolute Gasteiger partial charge is 0.0406 e. The Morgan fingerprint density at radius 1 is 1.00 bits per heavy atom. The van der Waals surface area contributed by atoms with E-state index >= 15 is 0 Å². The SMILES string of the molecule is CCCNC(CCc1ccc(Cl)cc1)c1ccccc1. The zero-order valence-corrected chi connectivity index (χ0v) is 12.7. The molecule has 1 nitrogen and oxygen atoms in total. The molecule has 2 aromatic rings. The summed E-state index contributed by atoms with van der Waals surface area (Å²) in [4.78, 5) is 0. The Labute approximate surface area is 127 Å². The number of aryl methyl sites for hydroxylation is 1. The highest BCUT2D eigenvalue weighted by molar-refractivity contribution is 6.30. The molecule has 1 N–H and O–H groups in total. The normalized spacial score (nSPS) is 12.3. The average Bonchev–Trinajstić information content (AvgIpc) is 2.50. The van der Waals surface area contributed by atoms with Gasteiger partial charge in [0.05, 0.1) is 0 Å². The van der Waals surface area contributed by atoms with Crippen molar-refractivity contribution < 1.29 is 0 Å². The third-order valence-corrected chi connectivity index (χ3v) is 3.73. The summed E-state index contributed by atoms with van der Waals surface area (Å²) in [5.41, 5.74) is 2.71. The molecule has 0 fully saturated rings. The second kappa shape index (κ2) is 8.08. The van der Waals surface area contributed by atoms with Crippen LogP contribution < -0.4 is 5.32 Å². The van der Waals surface area contributed by atoms with Crippen LogP contribution in [0.2, 0.25) is 5.02 Å². The molecule has 0 aromatic heterocycles. The van der Waals surface area contributed by atoms with Crippen molar-refractivity contribution in [2.75, 3.05) is 6.54 Å². The fourth-order valence-electron chi connectivity index (χ4n) is 2.35. The molecule has 0 aliphatic heterocycles. The Morgan fingerprint density at radius 2 is 1.70 bits per heavy atom. The third-order valence-electron chi connectivity index (χ3n) is 3.48. The molecule has 0 radical (unpaired) electrons. The lowest BCUT2D eigenvalue weighted by atomic mass is 9.99. The molecule has 2 aromatic carbocycles. The standard InChI is InChI=1S/C18H22ClN/c1-2-14-20-18(16-6-4-3-5-7-16)13-10-15-8-11-17(19)12-9-15/h3-9,11-12,18,20H,2,10,13-14H2,1H3. The molecule has 1 unspecified atom stereocenters. The van der Waals surface area contributed by atoms with Crippen LogP contribution in [0.3, 0.4) is 0 Å². The summed E-state index contributed by atoms with van der Waals surface area (Å²) in [6.07, 6.45) is 3.32. The quantitative estimate of drug-likeness (QED) is 0.754. The van der Waals surface area contributed by atoms with Gasteiger partial charge in [-0.25, -0.2) is 0 Å². The summed E-state index contributed by atoms with van der Waals surface area (Å²) in [6, 6.07) is 19.3. The molecular weight excluding hydrogens is 266 g/mol. The largest absolute Gasteiger partial charge is 0.310 e. The Morgan fingerprint density at radius 3 is 2.35 bits per heavy atom. The van der Waals surface area contributed by atoms with Crippen LogP contribution in [0.1, 0.15) is 36.9 Å². The molecule has 0 amide bonds. The van der Waals surface area contributed by atoms with Crippen molar-refractivity contribution in [3.8, 4) is 0 Å². The van der Waals surface area contributed by atoms with E-state index in [1.165, 1.54) is 11.1 Å². The summed E-state index contributed by atoms with van der Waals surface area (Å²) in [5, 5.41) is 4.44. The number of benzene rings is 2. The van der Waals surface area contributed by atoms with Crippen molar-refractivity contribution in [1.29, 1.82) is 0 Å². The fourth-order valence-corrected chi connectivity index (χ4v) is 2.48. The van der Waals surface area contributed by atoms with Crippen molar-refractivity contribution in [2.24, 2.45) is 0 Å². The maximum Gasteiger partial charge on any atom is 0.0406 e. The van der Waals surface area contributed by atoms with Gasteiger partial charge in [0.2, 0.25) is 0 Å². The van der Waals surface area contributed by atoms with Gasteiger partial charge in [0.1, 0.15) is 0 Å². The Hall–Kier alpha value is -1.31. The van der Waals surface area contributed by atoms with Gasteiger partial charge in [-0.15, -0.1) is 0 Å². The van der Waals surface area contributed by atoms with Crippen LogP contribution in [0, 0.1) is 0 Å². The Balaban J connectivity index is 1.99. The molecule has 1 atom stereocenters. The molecule has 0 saturated heterocycles. The van der Waals surface area contributed by atoms with Crippen LogP contribution >= 0.6 is 11.6 Å². The van der Waals surface area contributed by atoms with E-state index in [1.54, 1.807) is 0 Å². The van der Waals surface area contributed by atoms with Crippen LogP contribution in [0.15, 0.2) is 54.6 Å². The van der Waals surface area contributed by atoms with E-state index in [2.05, 4.69) is 54.7 Å². The number of rotatable bonds is 7. The van der Waals surface area contributed by atoms with Gasteiger partial charge in [-0.1, -0.05) is 61.0 Å². The maximum atomic E-state index is 5.93. The predicted octanol–water partition coefficient (Wildman–Crippen LogP) is 5.01. The second-order valence-electron chi connectivity index (χ2n) is 5.08. The Kier molecular flexibility index (Phi) is 6.10. The average molecular weight is 288 g/mol. The summed E-state index contributed by atoms with van der Waals surface area (Å²) in [6.45, 7) is 3.26. The molecule has 20 heavy (non-hydrogen) atoms. The number of hydrogen-bond donors (Lipinski definition) is 1. The molecule has 0 bridgehead atoms. The number of nitrogens with one attached hydrogen (secondary N) is 1. The monoisotopic (exact) mass is 287 g/mol. The molecule has 2 heteroatoms. The van der Waals surface area contributed by atoms with E-state index in [-0.39, 0.29) is 0 Å². The van der Waals surface area contributed by atoms with Crippen molar-refractivity contribution in [3.05, 3.63) is 70.7 Å². The number of halogens is 1. The lowest BCUT2D eigenvalue weighted by Gasteiger charge is -2.19. The zero-order valence-electron chi connectivity index (χ0n) is 12.0. The predicted molar refractivity (Wildman–Crippen MR) is 87.2 cm³/mol. The topological polar surface area (TPSA) is 12.0 Å². The summed E-state index contributed by atoms with van der Waals surface area (Å²) < 4.78 is 0. The van der Waals surface area contributed by atoms with Gasteiger partial charge in [-0.2, -0.15) is 0 Å². The fraction of sp³-hybridized carbons (Fsp3) is 0.333. The van der Waals surface area contributed by atoms with E-state index in [0.717, 1.165) is 30.8 Å². The molecule has 0 spiro atoms. The van der Waals surface area contributed by atoms with Gasteiger partial charge >= 0.3 is 0 Å². The van der Waals surface area contributed by atoms with Gasteiger partial charge in [0, 0.05) is 11.1 Å². The van der Waals surface area contributed by atoms with Crippen LogP contribution in [-0.2, 0) is 6.42 Å². The van der Waals surface area contributed by atoms with Crippen molar-refractivity contribution in [2.45, 2.75) is 32.2 Å². The van der Waals surface area contributed by atoms with Crippen LogP contribution in [-0.4, -0.2) is 6.54 Å².